The topological polar surface area (TPSA) is 45.2 Å². The summed E-state index contributed by atoms with van der Waals surface area (Å²) in [5.74, 6) is 0.757. The van der Waals surface area contributed by atoms with Crippen LogP contribution in [0.2, 0.25) is 0 Å². The maximum absolute atomic E-state index is 12.6. The molecule has 2 heterocycles. The van der Waals surface area contributed by atoms with Crippen LogP contribution in [0.4, 0.5) is 5.82 Å². The Balaban J connectivity index is 1.70. The number of carbonyl (C=O) groups excluding carboxylic acids is 1. The number of hydrogen-bond acceptors (Lipinski definition) is 3. The van der Waals surface area contributed by atoms with Gasteiger partial charge in [-0.3, -0.25) is 4.79 Å². The smallest absolute Gasteiger partial charge is 0.255 e. The molecule has 120 valence electrons. The first-order valence-corrected chi connectivity index (χ1v) is 8.28. The normalized spacial score (nSPS) is 14.6. The van der Waals surface area contributed by atoms with Crippen LogP contribution in [-0.2, 0) is 6.54 Å². The fraction of sp³-hybridized carbons (Fsp3) is 0.368. The van der Waals surface area contributed by atoms with E-state index >= 15 is 0 Å². The lowest BCUT2D eigenvalue weighted by molar-refractivity contribution is 0.0951. The van der Waals surface area contributed by atoms with Gasteiger partial charge < -0.3 is 10.2 Å². The molecule has 0 atom stereocenters. The number of benzene rings is 1. The van der Waals surface area contributed by atoms with Gasteiger partial charge in [-0.1, -0.05) is 29.8 Å². The summed E-state index contributed by atoms with van der Waals surface area (Å²) in [4.78, 5) is 19.3. The van der Waals surface area contributed by atoms with Crippen LogP contribution in [0.25, 0.3) is 0 Å². The van der Waals surface area contributed by atoms with E-state index in [2.05, 4.69) is 34.3 Å². The molecule has 2 aromatic rings. The van der Waals surface area contributed by atoms with Crippen molar-refractivity contribution < 1.29 is 4.79 Å². The van der Waals surface area contributed by atoms with Crippen LogP contribution >= 0.6 is 0 Å². The minimum atomic E-state index is -0.0563. The van der Waals surface area contributed by atoms with Gasteiger partial charge >= 0.3 is 0 Å². The SMILES string of the molecule is Cc1ccc(CNC(=O)c2cccnc2N2CCCCC2)cc1. The number of rotatable bonds is 4. The highest BCUT2D eigenvalue weighted by atomic mass is 16.1. The molecule has 1 aromatic carbocycles. The standard InChI is InChI=1S/C19H23N3O/c1-15-7-9-16(10-8-15)14-21-19(23)17-6-5-11-20-18(17)22-12-3-2-4-13-22/h5-11H,2-4,12-14H2,1H3,(H,21,23). The third-order valence-electron chi connectivity index (χ3n) is 4.26. The van der Waals surface area contributed by atoms with Crippen LogP contribution in [0.15, 0.2) is 42.6 Å². The third kappa shape index (κ3) is 3.89. The maximum atomic E-state index is 12.6. The van der Waals surface area contributed by atoms with Crippen molar-refractivity contribution in [3.05, 3.63) is 59.3 Å². The summed E-state index contributed by atoms with van der Waals surface area (Å²) in [5, 5.41) is 3.01. The van der Waals surface area contributed by atoms with Crippen molar-refractivity contribution in [2.75, 3.05) is 18.0 Å². The highest BCUT2D eigenvalue weighted by molar-refractivity contribution is 5.98. The summed E-state index contributed by atoms with van der Waals surface area (Å²) in [6.45, 7) is 4.56. The molecular formula is C19H23N3O. The van der Waals surface area contributed by atoms with E-state index in [-0.39, 0.29) is 5.91 Å². The number of aromatic nitrogens is 1. The van der Waals surface area contributed by atoms with E-state index in [1.165, 1.54) is 24.8 Å². The average molecular weight is 309 g/mol. The van der Waals surface area contributed by atoms with Crippen molar-refractivity contribution in [1.82, 2.24) is 10.3 Å². The number of pyridine rings is 1. The third-order valence-corrected chi connectivity index (χ3v) is 4.26. The second-order valence-electron chi connectivity index (χ2n) is 6.09. The van der Waals surface area contributed by atoms with E-state index in [1.807, 2.05) is 24.3 Å². The highest BCUT2D eigenvalue weighted by Gasteiger charge is 2.19. The number of amides is 1. The van der Waals surface area contributed by atoms with Gasteiger partial charge in [0, 0.05) is 25.8 Å². The molecule has 1 N–H and O–H groups in total. The van der Waals surface area contributed by atoms with Gasteiger partial charge in [-0.2, -0.15) is 0 Å². The van der Waals surface area contributed by atoms with E-state index in [0.29, 0.717) is 12.1 Å². The fourth-order valence-corrected chi connectivity index (χ4v) is 2.92. The van der Waals surface area contributed by atoms with Crippen LogP contribution in [0.1, 0.15) is 40.7 Å². The fourth-order valence-electron chi connectivity index (χ4n) is 2.92. The zero-order valence-electron chi connectivity index (χ0n) is 13.6. The first kappa shape index (κ1) is 15.5. The molecule has 0 aliphatic carbocycles. The molecule has 3 rings (SSSR count). The Morgan fingerprint density at radius 1 is 1.13 bits per heavy atom. The number of piperidine rings is 1. The molecule has 1 amide bonds. The Kier molecular flexibility index (Phi) is 4.91. The zero-order chi connectivity index (χ0) is 16.1. The summed E-state index contributed by atoms with van der Waals surface area (Å²) < 4.78 is 0. The Bertz CT molecular complexity index is 661. The van der Waals surface area contributed by atoms with Gasteiger partial charge in [0.05, 0.1) is 5.56 Å². The summed E-state index contributed by atoms with van der Waals surface area (Å²) >= 11 is 0. The lowest BCUT2D eigenvalue weighted by Crippen LogP contribution is -2.33. The van der Waals surface area contributed by atoms with Crippen LogP contribution in [0.3, 0.4) is 0 Å². The lowest BCUT2D eigenvalue weighted by atomic mass is 10.1. The van der Waals surface area contributed by atoms with E-state index in [0.717, 1.165) is 24.5 Å². The van der Waals surface area contributed by atoms with E-state index < -0.39 is 0 Å². The van der Waals surface area contributed by atoms with Gasteiger partial charge in [-0.15, -0.1) is 0 Å². The second-order valence-corrected chi connectivity index (χ2v) is 6.09. The molecule has 0 spiro atoms. The molecule has 4 nitrogen and oxygen atoms in total. The summed E-state index contributed by atoms with van der Waals surface area (Å²) in [7, 11) is 0. The number of nitrogens with zero attached hydrogens (tertiary/aromatic N) is 2. The predicted octanol–water partition coefficient (Wildman–Crippen LogP) is 3.31. The first-order chi connectivity index (χ1) is 11.2. The minimum absolute atomic E-state index is 0.0563. The number of aryl methyl sites for hydroxylation is 1. The quantitative estimate of drug-likeness (QED) is 0.942. The Labute approximate surface area is 137 Å². The van der Waals surface area contributed by atoms with Crippen LogP contribution in [0.5, 0.6) is 0 Å². The van der Waals surface area contributed by atoms with Gasteiger partial charge in [0.1, 0.15) is 5.82 Å². The van der Waals surface area contributed by atoms with Crippen molar-refractivity contribution in [2.24, 2.45) is 0 Å². The molecule has 23 heavy (non-hydrogen) atoms. The second kappa shape index (κ2) is 7.27. The molecule has 1 saturated heterocycles. The molecule has 0 unspecified atom stereocenters. The molecule has 0 bridgehead atoms. The summed E-state index contributed by atoms with van der Waals surface area (Å²) in [5.41, 5.74) is 2.99. The van der Waals surface area contributed by atoms with Gasteiger partial charge in [0.2, 0.25) is 0 Å². The van der Waals surface area contributed by atoms with Gasteiger partial charge in [-0.25, -0.2) is 4.98 Å². The number of hydrogen-bond donors (Lipinski definition) is 1. The van der Waals surface area contributed by atoms with Crippen molar-refractivity contribution in [3.8, 4) is 0 Å². The van der Waals surface area contributed by atoms with E-state index in [9.17, 15) is 4.79 Å². The Morgan fingerprint density at radius 2 is 1.87 bits per heavy atom. The summed E-state index contributed by atoms with van der Waals surface area (Å²) in [6, 6.07) is 11.9. The summed E-state index contributed by atoms with van der Waals surface area (Å²) in [6.07, 6.45) is 5.36. The average Bonchev–Trinajstić information content (AvgIpc) is 2.62. The van der Waals surface area contributed by atoms with Gasteiger partial charge in [-0.05, 0) is 43.9 Å². The minimum Gasteiger partial charge on any atom is -0.356 e. The van der Waals surface area contributed by atoms with Gasteiger partial charge in [0.15, 0.2) is 0 Å². The van der Waals surface area contributed by atoms with Crippen LogP contribution in [0, 0.1) is 6.92 Å². The molecule has 0 saturated carbocycles. The molecule has 1 aliphatic rings. The molecular weight excluding hydrogens is 286 g/mol. The van der Waals surface area contributed by atoms with Crippen LogP contribution in [-0.4, -0.2) is 24.0 Å². The van der Waals surface area contributed by atoms with Gasteiger partial charge in [0.25, 0.3) is 5.91 Å². The molecule has 0 radical (unpaired) electrons. The first-order valence-electron chi connectivity index (χ1n) is 8.28. The van der Waals surface area contributed by atoms with Crippen molar-refractivity contribution >= 4 is 11.7 Å². The molecule has 1 aliphatic heterocycles. The maximum Gasteiger partial charge on any atom is 0.255 e. The molecule has 1 fully saturated rings. The molecule has 1 aromatic heterocycles. The van der Waals surface area contributed by atoms with Crippen LogP contribution < -0.4 is 10.2 Å². The van der Waals surface area contributed by atoms with E-state index in [4.69, 9.17) is 0 Å². The zero-order valence-corrected chi connectivity index (χ0v) is 13.6. The number of anilines is 1. The lowest BCUT2D eigenvalue weighted by Gasteiger charge is -2.29. The predicted molar refractivity (Wildman–Crippen MR) is 92.7 cm³/mol. The number of carbonyl (C=O) groups is 1. The van der Waals surface area contributed by atoms with Crippen molar-refractivity contribution in [3.63, 3.8) is 0 Å². The van der Waals surface area contributed by atoms with E-state index in [1.54, 1.807) is 6.20 Å². The number of nitrogens with one attached hydrogen (secondary N) is 1. The molecule has 4 heteroatoms. The largest absolute Gasteiger partial charge is 0.356 e. The monoisotopic (exact) mass is 309 g/mol. The van der Waals surface area contributed by atoms with Crippen molar-refractivity contribution in [2.45, 2.75) is 32.7 Å². The highest BCUT2D eigenvalue weighted by Crippen LogP contribution is 2.21. The Morgan fingerprint density at radius 3 is 2.61 bits per heavy atom. The Hall–Kier alpha value is -2.36. The van der Waals surface area contributed by atoms with Crippen molar-refractivity contribution in [1.29, 1.82) is 0 Å².